The largest absolute Gasteiger partial charge is 0.381 e. The Labute approximate surface area is 136 Å². The predicted octanol–water partition coefficient (Wildman–Crippen LogP) is 2.09. The molecule has 130 valence electrons. The van der Waals surface area contributed by atoms with Gasteiger partial charge in [-0.1, -0.05) is 13.3 Å². The molecule has 22 heavy (non-hydrogen) atoms. The van der Waals surface area contributed by atoms with E-state index in [0.29, 0.717) is 5.92 Å². The Morgan fingerprint density at radius 2 is 2.05 bits per heavy atom. The van der Waals surface area contributed by atoms with Crippen LogP contribution in [0.3, 0.4) is 0 Å². The Bertz CT molecular complexity index is 296. The summed E-state index contributed by atoms with van der Waals surface area (Å²) in [5.74, 6) is 1.65. The lowest BCUT2D eigenvalue weighted by atomic mass is 9.99. The van der Waals surface area contributed by atoms with E-state index in [-0.39, 0.29) is 0 Å². The van der Waals surface area contributed by atoms with Gasteiger partial charge in [0.25, 0.3) is 0 Å². The van der Waals surface area contributed by atoms with E-state index in [1.165, 1.54) is 32.4 Å². The topological polar surface area (TPSA) is 48.9 Å². The third-order valence-electron chi connectivity index (χ3n) is 3.97. The van der Waals surface area contributed by atoms with Crippen LogP contribution >= 0.6 is 0 Å². The Morgan fingerprint density at radius 1 is 1.23 bits per heavy atom. The van der Waals surface area contributed by atoms with Gasteiger partial charge in [0.1, 0.15) is 0 Å². The molecule has 1 aliphatic rings. The van der Waals surface area contributed by atoms with Crippen molar-refractivity contribution in [1.29, 1.82) is 0 Å². The fourth-order valence-corrected chi connectivity index (χ4v) is 2.71. The summed E-state index contributed by atoms with van der Waals surface area (Å²) in [7, 11) is 2.21. The number of guanidine groups is 1. The van der Waals surface area contributed by atoms with Crippen LogP contribution in [-0.4, -0.2) is 63.8 Å². The molecule has 0 spiro atoms. The average molecular weight is 313 g/mol. The minimum atomic E-state index is 0.701. The number of hydrogen-bond donors (Lipinski definition) is 2. The Kier molecular flexibility index (Phi) is 11.1. The van der Waals surface area contributed by atoms with Crippen LogP contribution in [0.2, 0.25) is 0 Å². The van der Waals surface area contributed by atoms with Crippen molar-refractivity contribution in [3.8, 4) is 0 Å². The summed E-state index contributed by atoms with van der Waals surface area (Å²) in [6.45, 7) is 11.2. The highest BCUT2D eigenvalue weighted by Gasteiger charge is 2.16. The summed E-state index contributed by atoms with van der Waals surface area (Å²) in [5.41, 5.74) is 0. The molecular formula is C17H36N4O. The summed E-state index contributed by atoms with van der Waals surface area (Å²) < 4.78 is 5.58. The zero-order valence-corrected chi connectivity index (χ0v) is 14.9. The maximum absolute atomic E-state index is 5.58. The highest BCUT2D eigenvalue weighted by atomic mass is 16.5. The second-order valence-electron chi connectivity index (χ2n) is 6.24. The van der Waals surface area contributed by atoms with E-state index >= 15 is 0 Å². The van der Waals surface area contributed by atoms with Crippen molar-refractivity contribution in [3.63, 3.8) is 0 Å². The summed E-state index contributed by atoms with van der Waals surface area (Å²) in [5, 5.41) is 6.74. The molecule has 0 aromatic heterocycles. The van der Waals surface area contributed by atoms with E-state index in [1.807, 2.05) is 0 Å². The van der Waals surface area contributed by atoms with E-state index in [0.717, 1.165) is 51.6 Å². The maximum atomic E-state index is 5.58. The van der Waals surface area contributed by atoms with Gasteiger partial charge in [-0.3, -0.25) is 4.99 Å². The number of nitrogens with one attached hydrogen (secondary N) is 2. The lowest BCUT2D eigenvalue weighted by molar-refractivity contribution is 0.129. The lowest BCUT2D eigenvalue weighted by Gasteiger charge is -2.28. The molecule has 1 aliphatic heterocycles. The van der Waals surface area contributed by atoms with Crippen LogP contribution in [0.4, 0.5) is 0 Å². The number of piperidine rings is 1. The Balaban J connectivity index is 2.18. The standard InChI is InChI=1S/C17H36N4O/c1-4-6-12-22-13-8-10-19-17(18-5-2)20-14-16-9-7-11-21(3)15-16/h16H,4-15H2,1-3H3,(H2,18,19,20). The van der Waals surface area contributed by atoms with Gasteiger partial charge in [0, 0.05) is 39.4 Å². The molecule has 1 unspecified atom stereocenters. The second-order valence-corrected chi connectivity index (χ2v) is 6.24. The molecule has 1 saturated heterocycles. The maximum Gasteiger partial charge on any atom is 0.191 e. The first-order valence-corrected chi connectivity index (χ1v) is 9.04. The number of aliphatic imine (C=N–C) groups is 1. The molecule has 0 saturated carbocycles. The fraction of sp³-hybridized carbons (Fsp3) is 0.941. The lowest BCUT2D eigenvalue weighted by Crippen LogP contribution is -2.39. The minimum Gasteiger partial charge on any atom is -0.381 e. The predicted molar refractivity (Wildman–Crippen MR) is 94.5 cm³/mol. The van der Waals surface area contributed by atoms with Gasteiger partial charge in [0.2, 0.25) is 0 Å². The van der Waals surface area contributed by atoms with E-state index in [1.54, 1.807) is 0 Å². The smallest absolute Gasteiger partial charge is 0.191 e. The first kappa shape index (κ1) is 19.2. The molecule has 1 fully saturated rings. The molecule has 0 aromatic rings. The molecule has 0 aliphatic carbocycles. The molecule has 0 aromatic carbocycles. The number of unbranched alkanes of at least 4 members (excludes halogenated alkanes) is 1. The van der Waals surface area contributed by atoms with Crippen molar-refractivity contribution < 1.29 is 4.74 Å². The van der Waals surface area contributed by atoms with Crippen molar-refractivity contribution in [3.05, 3.63) is 0 Å². The van der Waals surface area contributed by atoms with E-state index in [9.17, 15) is 0 Å². The number of rotatable bonds is 10. The van der Waals surface area contributed by atoms with Gasteiger partial charge in [-0.05, 0) is 52.1 Å². The van der Waals surface area contributed by atoms with Crippen LogP contribution in [-0.2, 0) is 4.74 Å². The molecule has 0 radical (unpaired) electrons. The van der Waals surface area contributed by atoms with Crippen LogP contribution in [0, 0.1) is 5.92 Å². The van der Waals surface area contributed by atoms with Crippen LogP contribution < -0.4 is 10.6 Å². The molecule has 0 bridgehead atoms. The molecular weight excluding hydrogens is 276 g/mol. The first-order chi connectivity index (χ1) is 10.8. The third kappa shape index (κ3) is 9.26. The van der Waals surface area contributed by atoms with E-state index in [4.69, 9.17) is 9.73 Å². The molecule has 0 amide bonds. The van der Waals surface area contributed by atoms with Crippen molar-refractivity contribution in [2.75, 3.05) is 53.0 Å². The number of nitrogens with zero attached hydrogens (tertiary/aromatic N) is 2. The van der Waals surface area contributed by atoms with Gasteiger partial charge >= 0.3 is 0 Å². The molecule has 1 atom stereocenters. The highest BCUT2D eigenvalue weighted by Crippen LogP contribution is 2.14. The van der Waals surface area contributed by atoms with Gasteiger partial charge in [0.15, 0.2) is 5.96 Å². The molecule has 5 heteroatoms. The van der Waals surface area contributed by atoms with Crippen molar-refractivity contribution >= 4 is 5.96 Å². The van der Waals surface area contributed by atoms with Crippen molar-refractivity contribution in [2.45, 2.75) is 46.0 Å². The zero-order valence-electron chi connectivity index (χ0n) is 14.9. The van der Waals surface area contributed by atoms with Gasteiger partial charge in [0.05, 0.1) is 0 Å². The summed E-state index contributed by atoms with van der Waals surface area (Å²) in [4.78, 5) is 7.16. The Morgan fingerprint density at radius 3 is 2.77 bits per heavy atom. The van der Waals surface area contributed by atoms with Crippen LogP contribution in [0.15, 0.2) is 4.99 Å². The van der Waals surface area contributed by atoms with Gasteiger partial charge in [-0.2, -0.15) is 0 Å². The first-order valence-electron chi connectivity index (χ1n) is 9.04. The van der Waals surface area contributed by atoms with Gasteiger partial charge < -0.3 is 20.3 Å². The molecule has 1 heterocycles. The van der Waals surface area contributed by atoms with Gasteiger partial charge in [-0.15, -0.1) is 0 Å². The number of hydrogen-bond acceptors (Lipinski definition) is 3. The van der Waals surface area contributed by atoms with Crippen molar-refractivity contribution in [2.24, 2.45) is 10.9 Å². The van der Waals surface area contributed by atoms with Crippen LogP contribution in [0.1, 0.15) is 46.0 Å². The van der Waals surface area contributed by atoms with Gasteiger partial charge in [-0.25, -0.2) is 0 Å². The summed E-state index contributed by atoms with van der Waals surface area (Å²) in [6, 6.07) is 0. The van der Waals surface area contributed by atoms with Crippen LogP contribution in [0.5, 0.6) is 0 Å². The quantitative estimate of drug-likeness (QED) is 0.368. The Hall–Kier alpha value is -0.810. The highest BCUT2D eigenvalue weighted by molar-refractivity contribution is 5.79. The zero-order chi connectivity index (χ0) is 16.0. The third-order valence-corrected chi connectivity index (χ3v) is 3.97. The average Bonchev–Trinajstić information content (AvgIpc) is 2.51. The fourth-order valence-electron chi connectivity index (χ4n) is 2.71. The van der Waals surface area contributed by atoms with Crippen LogP contribution in [0.25, 0.3) is 0 Å². The van der Waals surface area contributed by atoms with Crippen molar-refractivity contribution in [1.82, 2.24) is 15.5 Å². The molecule has 5 nitrogen and oxygen atoms in total. The van der Waals surface area contributed by atoms with E-state index < -0.39 is 0 Å². The SMILES string of the molecule is CCCCOCCCNC(=NCC1CCCN(C)C1)NCC. The number of ether oxygens (including phenoxy) is 1. The number of likely N-dealkylation sites (tertiary alicyclic amines) is 1. The molecule has 1 rings (SSSR count). The molecule has 2 N–H and O–H groups in total. The monoisotopic (exact) mass is 312 g/mol. The summed E-state index contributed by atoms with van der Waals surface area (Å²) >= 11 is 0. The second kappa shape index (κ2) is 12.7. The summed E-state index contributed by atoms with van der Waals surface area (Å²) in [6.07, 6.45) is 5.99. The normalized spacial score (nSPS) is 20.1. The minimum absolute atomic E-state index is 0.701. The van der Waals surface area contributed by atoms with E-state index in [2.05, 4.69) is 36.4 Å².